The summed E-state index contributed by atoms with van der Waals surface area (Å²) in [7, 11) is 0. The van der Waals surface area contributed by atoms with E-state index in [2.05, 4.69) is 11.8 Å². The van der Waals surface area contributed by atoms with E-state index in [-0.39, 0.29) is 0 Å². The van der Waals surface area contributed by atoms with Crippen LogP contribution in [0.25, 0.3) is 0 Å². The van der Waals surface area contributed by atoms with Gasteiger partial charge in [0.2, 0.25) is 0 Å². The maximum atomic E-state index is 5.40. The third kappa shape index (κ3) is 3.01. The van der Waals surface area contributed by atoms with Gasteiger partial charge in [-0.2, -0.15) is 0 Å². The number of ether oxygens (including phenoxy) is 1. The number of nitrogens with two attached hydrogens (primary N) is 1. The summed E-state index contributed by atoms with van der Waals surface area (Å²) in [5, 5.41) is 0. The average Bonchev–Trinajstić information content (AvgIpc) is 2.19. The Hall–Kier alpha value is -1.06. The molecule has 0 aromatic heterocycles. The van der Waals surface area contributed by atoms with Crippen LogP contribution in [0.15, 0.2) is 24.3 Å². The van der Waals surface area contributed by atoms with Crippen LogP contribution in [0.1, 0.15) is 25.3 Å². The Morgan fingerprint density at radius 3 is 2.86 bits per heavy atom. The second-order valence-corrected chi connectivity index (χ2v) is 3.24. The minimum atomic E-state index is 0.292. The molecule has 0 saturated carbocycles. The van der Waals surface area contributed by atoms with E-state index in [4.69, 9.17) is 10.6 Å². The molecule has 0 fully saturated rings. The molecule has 3 nitrogen and oxygen atoms in total. The summed E-state index contributed by atoms with van der Waals surface area (Å²) in [6.45, 7) is 5.25. The van der Waals surface area contributed by atoms with Crippen molar-refractivity contribution in [2.24, 2.45) is 5.90 Å². The fraction of sp³-hybridized carbons (Fsp3) is 0.455. The van der Waals surface area contributed by atoms with Crippen molar-refractivity contribution in [1.29, 1.82) is 0 Å². The van der Waals surface area contributed by atoms with Crippen LogP contribution < -0.4 is 10.6 Å². The largest absolute Gasteiger partial charge is 0.494 e. The maximum absolute atomic E-state index is 5.40. The molecular formula is C11H17NO2. The van der Waals surface area contributed by atoms with Gasteiger partial charge in [0.1, 0.15) is 5.75 Å². The van der Waals surface area contributed by atoms with Gasteiger partial charge in [-0.25, -0.2) is 5.90 Å². The third-order valence-corrected chi connectivity index (χ3v) is 2.08. The molecule has 0 bridgehead atoms. The van der Waals surface area contributed by atoms with Gasteiger partial charge in [-0.3, -0.25) is 0 Å². The molecule has 1 unspecified atom stereocenters. The number of rotatable bonds is 5. The van der Waals surface area contributed by atoms with Crippen LogP contribution in [0, 0.1) is 0 Å². The highest BCUT2D eigenvalue weighted by atomic mass is 16.6. The van der Waals surface area contributed by atoms with Crippen LogP contribution in [-0.2, 0) is 4.84 Å². The molecule has 78 valence electrons. The topological polar surface area (TPSA) is 44.5 Å². The van der Waals surface area contributed by atoms with Crippen molar-refractivity contribution < 1.29 is 9.57 Å². The molecule has 1 aromatic carbocycles. The molecule has 1 rings (SSSR count). The van der Waals surface area contributed by atoms with Crippen LogP contribution in [-0.4, -0.2) is 13.2 Å². The molecule has 0 saturated heterocycles. The fourth-order valence-corrected chi connectivity index (χ4v) is 1.32. The Kier molecular flexibility index (Phi) is 4.43. The van der Waals surface area contributed by atoms with Gasteiger partial charge in [-0.15, -0.1) is 0 Å². The SMILES string of the molecule is CCOc1cccc(C(C)CON)c1. The molecule has 0 spiro atoms. The van der Waals surface area contributed by atoms with Crippen molar-refractivity contribution in [3.05, 3.63) is 29.8 Å². The lowest BCUT2D eigenvalue weighted by atomic mass is 10.0. The molecule has 3 heteroatoms. The first-order valence-electron chi connectivity index (χ1n) is 4.82. The first-order valence-corrected chi connectivity index (χ1v) is 4.82. The summed E-state index contributed by atoms with van der Waals surface area (Å²) in [5.41, 5.74) is 1.18. The Balaban J connectivity index is 2.71. The molecule has 1 aromatic rings. The van der Waals surface area contributed by atoms with E-state index < -0.39 is 0 Å². The predicted molar refractivity (Wildman–Crippen MR) is 56.2 cm³/mol. The van der Waals surface area contributed by atoms with Crippen molar-refractivity contribution in [1.82, 2.24) is 0 Å². The summed E-state index contributed by atoms with van der Waals surface area (Å²) < 4.78 is 5.40. The summed E-state index contributed by atoms with van der Waals surface area (Å²) in [4.78, 5) is 4.62. The number of hydrogen-bond acceptors (Lipinski definition) is 3. The summed E-state index contributed by atoms with van der Waals surface area (Å²) in [5.74, 6) is 6.22. The van der Waals surface area contributed by atoms with E-state index in [1.807, 2.05) is 31.2 Å². The van der Waals surface area contributed by atoms with Gasteiger partial charge in [-0.05, 0) is 24.6 Å². The minimum Gasteiger partial charge on any atom is -0.494 e. The lowest BCUT2D eigenvalue weighted by Crippen LogP contribution is -2.08. The second-order valence-electron chi connectivity index (χ2n) is 3.24. The Labute approximate surface area is 84.8 Å². The van der Waals surface area contributed by atoms with Crippen molar-refractivity contribution in [3.8, 4) is 5.75 Å². The highest BCUT2D eigenvalue weighted by Crippen LogP contribution is 2.20. The van der Waals surface area contributed by atoms with Crippen molar-refractivity contribution in [3.63, 3.8) is 0 Å². The van der Waals surface area contributed by atoms with Crippen LogP contribution in [0.3, 0.4) is 0 Å². The highest BCUT2D eigenvalue weighted by molar-refractivity contribution is 5.30. The van der Waals surface area contributed by atoms with E-state index in [1.54, 1.807) is 0 Å². The normalized spacial score (nSPS) is 12.5. The first-order chi connectivity index (χ1) is 6.77. The summed E-state index contributed by atoms with van der Waals surface area (Å²) in [6, 6.07) is 8.00. The lowest BCUT2D eigenvalue weighted by molar-refractivity contribution is 0.126. The molecule has 0 radical (unpaired) electrons. The fourth-order valence-electron chi connectivity index (χ4n) is 1.32. The molecule has 0 heterocycles. The Morgan fingerprint density at radius 1 is 1.43 bits per heavy atom. The monoisotopic (exact) mass is 195 g/mol. The van der Waals surface area contributed by atoms with Crippen LogP contribution in [0.2, 0.25) is 0 Å². The van der Waals surface area contributed by atoms with Crippen molar-refractivity contribution in [2.75, 3.05) is 13.2 Å². The molecule has 2 N–H and O–H groups in total. The average molecular weight is 195 g/mol. The standard InChI is InChI=1S/C11H17NO2/c1-3-13-11-6-4-5-10(7-11)9(2)8-14-12/h4-7,9H,3,8,12H2,1-2H3. The molecule has 14 heavy (non-hydrogen) atoms. The highest BCUT2D eigenvalue weighted by Gasteiger charge is 2.05. The molecule has 0 aliphatic carbocycles. The summed E-state index contributed by atoms with van der Waals surface area (Å²) >= 11 is 0. The minimum absolute atomic E-state index is 0.292. The zero-order valence-electron chi connectivity index (χ0n) is 8.69. The maximum Gasteiger partial charge on any atom is 0.119 e. The smallest absolute Gasteiger partial charge is 0.119 e. The zero-order valence-corrected chi connectivity index (χ0v) is 8.69. The van der Waals surface area contributed by atoms with Gasteiger partial charge in [0.25, 0.3) is 0 Å². The van der Waals surface area contributed by atoms with Crippen LogP contribution in [0.5, 0.6) is 5.75 Å². The van der Waals surface area contributed by atoms with Gasteiger partial charge in [-0.1, -0.05) is 19.1 Å². The van der Waals surface area contributed by atoms with E-state index in [0.717, 1.165) is 5.75 Å². The Morgan fingerprint density at radius 2 is 2.21 bits per heavy atom. The molecular weight excluding hydrogens is 178 g/mol. The van der Waals surface area contributed by atoms with Gasteiger partial charge >= 0.3 is 0 Å². The van der Waals surface area contributed by atoms with Crippen LogP contribution in [0.4, 0.5) is 0 Å². The van der Waals surface area contributed by atoms with E-state index in [0.29, 0.717) is 19.1 Å². The van der Waals surface area contributed by atoms with Gasteiger partial charge in [0.15, 0.2) is 0 Å². The van der Waals surface area contributed by atoms with Gasteiger partial charge < -0.3 is 9.57 Å². The predicted octanol–water partition coefficient (Wildman–Crippen LogP) is 2.08. The first kappa shape index (κ1) is 11.0. The van der Waals surface area contributed by atoms with E-state index in [9.17, 15) is 0 Å². The molecule has 0 aliphatic heterocycles. The molecule has 0 aliphatic rings. The van der Waals surface area contributed by atoms with Crippen molar-refractivity contribution in [2.45, 2.75) is 19.8 Å². The Bertz CT molecular complexity index is 276. The number of benzene rings is 1. The number of hydrogen-bond donors (Lipinski definition) is 1. The van der Waals surface area contributed by atoms with E-state index >= 15 is 0 Å². The second kappa shape index (κ2) is 5.62. The zero-order chi connectivity index (χ0) is 10.4. The van der Waals surface area contributed by atoms with Crippen LogP contribution >= 0.6 is 0 Å². The molecule has 0 amide bonds. The van der Waals surface area contributed by atoms with Gasteiger partial charge in [0.05, 0.1) is 13.2 Å². The molecule has 1 atom stereocenters. The third-order valence-electron chi connectivity index (χ3n) is 2.08. The summed E-state index contributed by atoms with van der Waals surface area (Å²) in [6.07, 6.45) is 0. The quantitative estimate of drug-likeness (QED) is 0.731. The lowest BCUT2D eigenvalue weighted by Gasteiger charge is -2.11. The van der Waals surface area contributed by atoms with Gasteiger partial charge in [0, 0.05) is 5.92 Å². The van der Waals surface area contributed by atoms with Crippen molar-refractivity contribution >= 4 is 0 Å². The van der Waals surface area contributed by atoms with E-state index in [1.165, 1.54) is 5.56 Å².